The molecule has 3 aromatic carbocycles. The van der Waals surface area contributed by atoms with E-state index >= 15 is 0 Å². The van der Waals surface area contributed by atoms with Crippen molar-refractivity contribution >= 4 is 39.1 Å². The van der Waals surface area contributed by atoms with Gasteiger partial charge in [-0.1, -0.05) is 67.9 Å². The minimum Gasteiger partial charge on any atom is -0.354 e. The highest BCUT2D eigenvalue weighted by Gasteiger charge is 2.33. The highest BCUT2D eigenvalue weighted by molar-refractivity contribution is 7.92. The normalized spacial score (nSPS) is 12.2. The van der Waals surface area contributed by atoms with Gasteiger partial charge in [-0.25, -0.2) is 12.8 Å². The highest BCUT2D eigenvalue weighted by atomic mass is 35.5. The Hall–Kier alpha value is -3.43. The molecule has 0 radical (unpaired) electrons. The number of rotatable bonds is 11. The third kappa shape index (κ3) is 7.58. The maximum absolute atomic E-state index is 14.6. The third-order valence-corrected chi connectivity index (χ3v) is 8.40. The average Bonchev–Trinajstić information content (AvgIpc) is 2.91. The topological polar surface area (TPSA) is 86.8 Å². The van der Waals surface area contributed by atoms with Gasteiger partial charge in [0, 0.05) is 23.7 Å². The van der Waals surface area contributed by atoms with Gasteiger partial charge in [-0.15, -0.1) is 0 Å². The lowest BCUT2D eigenvalue weighted by Gasteiger charge is -2.32. The fourth-order valence-electron chi connectivity index (χ4n) is 3.83. The van der Waals surface area contributed by atoms with Gasteiger partial charge >= 0.3 is 0 Å². The predicted octanol–water partition coefficient (Wildman–Crippen LogP) is 5.17. The summed E-state index contributed by atoms with van der Waals surface area (Å²) in [6.07, 6.45) is 0. The molecule has 0 saturated heterocycles. The Labute approximate surface area is 234 Å². The molecule has 3 rings (SSSR count). The number of carbonyl (C=O) groups is 2. The molecule has 0 aliphatic carbocycles. The van der Waals surface area contributed by atoms with Crippen molar-refractivity contribution in [1.82, 2.24) is 10.2 Å². The molecule has 2 amide bonds. The molecular formula is C29H33ClFN3O4S. The molecule has 0 saturated carbocycles. The van der Waals surface area contributed by atoms with Crippen LogP contribution in [0.4, 0.5) is 10.1 Å². The summed E-state index contributed by atoms with van der Waals surface area (Å²) in [6.45, 7) is 6.72. The van der Waals surface area contributed by atoms with Crippen molar-refractivity contribution in [2.45, 2.75) is 45.2 Å². The molecule has 3 aromatic rings. The number of nitrogens with one attached hydrogen (secondary N) is 1. The standard InChI is InChI=1S/C29H33ClFN3O4S/c1-20(2)17-32-29(36)22(4)33(18-23-10-8-9-13-27(23)31)28(35)19-34(24-15-14-21(3)26(30)16-24)39(37,38)25-11-6-5-7-12-25/h5-16,20,22H,17-19H2,1-4H3,(H,32,36)/t22-/m0/s1. The summed E-state index contributed by atoms with van der Waals surface area (Å²) in [5.41, 5.74) is 1.12. The van der Waals surface area contributed by atoms with Crippen LogP contribution in [-0.2, 0) is 26.2 Å². The Morgan fingerprint density at radius 2 is 1.62 bits per heavy atom. The Bertz CT molecular complexity index is 1420. The summed E-state index contributed by atoms with van der Waals surface area (Å²) in [7, 11) is -4.21. The van der Waals surface area contributed by atoms with E-state index in [2.05, 4.69) is 5.32 Å². The number of hydrogen-bond acceptors (Lipinski definition) is 4. The zero-order chi connectivity index (χ0) is 28.7. The molecule has 7 nitrogen and oxygen atoms in total. The van der Waals surface area contributed by atoms with E-state index in [0.717, 1.165) is 9.87 Å². The van der Waals surface area contributed by atoms with E-state index in [-0.39, 0.29) is 28.6 Å². The van der Waals surface area contributed by atoms with E-state index in [4.69, 9.17) is 11.6 Å². The maximum atomic E-state index is 14.6. The maximum Gasteiger partial charge on any atom is 0.264 e. The number of hydrogen-bond donors (Lipinski definition) is 1. The Morgan fingerprint density at radius 3 is 2.23 bits per heavy atom. The van der Waals surface area contributed by atoms with Gasteiger partial charge < -0.3 is 10.2 Å². The zero-order valence-corrected chi connectivity index (χ0v) is 24.0. The van der Waals surface area contributed by atoms with Crippen LogP contribution in [0.25, 0.3) is 0 Å². The Morgan fingerprint density at radius 1 is 0.974 bits per heavy atom. The van der Waals surface area contributed by atoms with Crippen LogP contribution in [0.5, 0.6) is 0 Å². The van der Waals surface area contributed by atoms with Crippen LogP contribution in [0.3, 0.4) is 0 Å². The minimum atomic E-state index is -4.21. The van der Waals surface area contributed by atoms with Crippen molar-refractivity contribution in [3.05, 3.63) is 94.8 Å². The highest BCUT2D eigenvalue weighted by Crippen LogP contribution is 2.28. The van der Waals surface area contributed by atoms with Gasteiger partial charge in [0.05, 0.1) is 10.6 Å². The first-order chi connectivity index (χ1) is 18.4. The second-order valence-electron chi connectivity index (χ2n) is 9.69. The Kier molecular flexibility index (Phi) is 10.1. The molecule has 0 unspecified atom stereocenters. The van der Waals surface area contributed by atoms with Crippen LogP contribution in [-0.4, -0.2) is 44.3 Å². The number of halogens is 2. The quantitative estimate of drug-likeness (QED) is 0.343. The lowest BCUT2D eigenvalue weighted by Crippen LogP contribution is -2.51. The first-order valence-electron chi connectivity index (χ1n) is 12.6. The van der Waals surface area contributed by atoms with Crippen molar-refractivity contribution in [1.29, 1.82) is 0 Å². The number of carbonyl (C=O) groups excluding carboxylic acids is 2. The largest absolute Gasteiger partial charge is 0.354 e. The Balaban J connectivity index is 2.03. The number of amides is 2. The van der Waals surface area contributed by atoms with Gasteiger partial charge in [0.25, 0.3) is 10.0 Å². The molecule has 0 bridgehead atoms. The van der Waals surface area contributed by atoms with Crippen LogP contribution in [0.2, 0.25) is 5.02 Å². The smallest absolute Gasteiger partial charge is 0.264 e. The number of sulfonamides is 1. The molecule has 0 spiro atoms. The van der Waals surface area contributed by atoms with Gasteiger partial charge in [0.1, 0.15) is 18.4 Å². The van der Waals surface area contributed by atoms with E-state index in [1.807, 2.05) is 13.8 Å². The molecule has 0 aliphatic rings. The van der Waals surface area contributed by atoms with Gasteiger partial charge in [0.2, 0.25) is 11.8 Å². The molecule has 0 aliphatic heterocycles. The SMILES string of the molecule is Cc1ccc(N(CC(=O)N(Cc2ccccc2F)[C@@H](C)C(=O)NCC(C)C)S(=O)(=O)c2ccccc2)cc1Cl. The van der Waals surface area contributed by atoms with Crippen molar-refractivity contribution < 1.29 is 22.4 Å². The number of nitrogens with zero attached hydrogens (tertiary/aromatic N) is 2. The first-order valence-corrected chi connectivity index (χ1v) is 14.4. The van der Waals surface area contributed by atoms with Crippen molar-refractivity contribution in [3.63, 3.8) is 0 Å². The predicted molar refractivity (Wildman–Crippen MR) is 151 cm³/mol. The summed E-state index contributed by atoms with van der Waals surface area (Å²) >= 11 is 6.32. The second kappa shape index (κ2) is 13.1. The summed E-state index contributed by atoms with van der Waals surface area (Å²) < 4.78 is 43.1. The van der Waals surface area contributed by atoms with E-state index in [9.17, 15) is 22.4 Å². The lowest BCUT2D eigenvalue weighted by molar-refractivity contribution is -0.139. The van der Waals surface area contributed by atoms with Gasteiger partial charge in [-0.2, -0.15) is 0 Å². The summed E-state index contributed by atoms with van der Waals surface area (Å²) in [5, 5.41) is 3.13. The fraction of sp³-hybridized carbons (Fsp3) is 0.310. The van der Waals surface area contributed by atoms with E-state index in [1.54, 1.807) is 43.3 Å². The minimum absolute atomic E-state index is 0.0159. The first kappa shape index (κ1) is 30.1. The summed E-state index contributed by atoms with van der Waals surface area (Å²) in [6, 6.07) is 17.4. The average molecular weight is 574 g/mol. The molecule has 39 heavy (non-hydrogen) atoms. The van der Waals surface area contributed by atoms with Crippen LogP contribution in [0.15, 0.2) is 77.7 Å². The van der Waals surface area contributed by atoms with Crippen LogP contribution in [0.1, 0.15) is 31.9 Å². The van der Waals surface area contributed by atoms with E-state index in [0.29, 0.717) is 11.6 Å². The number of aryl methyl sites for hydroxylation is 1. The zero-order valence-electron chi connectivity index (χ0n) is 22.4. The van der Waals surface area contributed by atoms with E-state index < -0.39 is 40.2 Å². The number of anilines is 1. The van der Waals surface area contributed by atoms with Crippen molar-refractivity contribution in [3.8, 4) is 0 Å². The van der Waals surface area contributed by atoms with Gasteiger partial charge in [-0.3, -0.25) is 13.9 Å². The molecule has 1 N–H and O–H groups in total. The van der Waals surface area contributed by atoms with Gasteiger partial charge in [0.15, 0.2) is 0 Å². The molecule has 0 aromatic heterocycles. The molecule has 10 heteroatoms. The third-order valence-electron chi connectivity index (χ3n) is 6.20. The van der Waals surface area contributed by atoms with Gasteiger partial charge in [-0.05, 0) is 55.7 Å². The summed E-state index contributed by atoms with van der Waals surface area (Å²) in [4.78, 5) is 28.0. The van der Waals surface area contributed by atoms with Crippen molar-refractivity contribution in [2.24, 2.45) is 5.92 Å². The van der Waals surface area contributed by atoms with Crippen LogP contribution < -0.4 is 9.62 Å². The van der Waals surface area contributed by atoms with Crippen molar-refractivity contribution in [2.75, 3.05) is 17.4 Å². The lowest BCUT2D eigenvalue weighted by atomic mass is 10.1. The molecule has 0 fully saturated rings. The molecule has 0 heterocycles. The van der Waals surface area contributed by atoms with E-state index in [1.165, 1.54) is 48.2 Å². The summed E-state index contributed by atoms with van der Waals surface area (Å²) in [5.74, 6) is -1.47. The molecular weight excluding hydrogens is 541 g/mol. The second-order valence-corrected chi connectivity index (χ2v) is 12.0. The molecule has 208 valence electrons. The van der Waals surface area contributed by atoms with Crippen LogP contribution in [0, 0.1) is 18.7 Å². The van der Waals surface area contributed by atoms with Crippen LogP contribution >= 0.6 is 11.6 Å². The molecule has 1 atom stereocenters. The fourth-order valence-corrected chi connectivity index (χ4v) is 5.43. The monoisotopic (exact) mass is 573 g/mol. The number of benzene rings is 3.